The zero-order valence-corrected chi connectivity index (χ0v) is 14.2. The van der Waals surface area contributed by atoms with Crippen molar-refractivity contribution in [3.05, 3.63) is 53.6 Å². The van der Waals surface area contributed by atoms with Crippen LogP contribution in [-0.4, -0.2) is 40.5 Å². The van der Waals surface area contributed by atoms with E-state index in [4.69, 9.17) is 4.74 Å². The second-order valence-electron chi connectivity index (χ2n) is 6.08. The van der Waals surface area contributed by atoms with Gasteiger partial charge in [0.1, 0.15) is 11.4 Å². The van der Waals surface area contributed by atoms with E-state index < -0.39 is 0 Å². The average molecular weight is 325 g/mol. The van der Waals surface area contributed by atoms with Crippen LogP contribution < -0.4 is 4.74 Å². The van der Waals surface area contributed by atoms with E-state index in [-0.39, 0.29) is 5.91 Å². The molecular formula is C19H23N3O2. The van der Waals surface area contributed by atoms with Crippen LogP contribution in [0.15, 0.2) is 36.7 Å². The number of amides is 1. The van der Waals surface area contributed by atoms with Gasteiger partial charge in [0.2, 0.25) is 0 Å². The predicted molar refractivity (Wildman–Crippen MR) is 92.3 cm³/mol. The van der Waals surface area contributed by atoms with Gasteiger partial charge in [0.15, 0.2) is 0 Å². The summed E-state index contributed by atoms with van der Waals surface area (Å²) in [5.41, 5.74) is 2.49. The Morgan fingerprint density at radius 1 is 1.21 bits per heavy atom. The number of likely N-dealkylation sites (tertiary alicyclic amines) is 1. The first-order valence-electron chi connectivity index (χ1n) is 8.48. The summed E-state index contributed by atoms with van der Waals surface area (Å²) in [7, 11) is 0. The monoisotopic (exact) mass is 325 g/mol. The first kappa shape index (κ1) is 16.4. The van der Waals surface area contributed by atoms with E-state index in [0.717, 1.165) is 37.4 Å². The largest absolute Gasteiger partial charge is 0.494 e. The van der Waals surface area contributed by atoms with Crippen LogP contribution >= 0.6 is 0 Å². The Morgan fingerprint density at radius 2 is 1.96 bits per heavy atom. The summed E-state index contributed by atoms with van der Waals surface area (Å²) in [5, 5.41) is 0. The fraction of sp³-hybridized carbons (Fsp3) is 0.421. The topological polar surface area (TPSA) is 55.3 Å². The Bertz CT molecular complexity index is 692. The van der Waals surface area contributed by atoms with Crippen LogP contribution in [0.4, 0.5) is 0 Å². The van der Waals surface area contributed by atoms with Crippen LogP contribution in [0.25, 0.3) is 0 Å². The summed E-state index contributed by atoms with van der Waals surface area (Å²) in [6.45, 7) is 6.00. The Labute approximate surface area is 142 Å². The molecule has 5 nitrogen and oxygen atoms in total. The molecular weight excluding hydrogens is 302 g/mol. The van der Waals surface area contributed by atoms with Crippen LogP contribution in [0.5, 0.6) is 5.75 Å². The highest BCUT2D eigenvalue weighted by Crippen LogP contribution is 2.34. The molecule has 1 aliphatic rings. The number of ether oxygens (including phenoxy) is 1. The zero-order valence-electron chi connectivity index (χ0n) is 14.2. The van der Waals surface area contributed by atoms with Gasteiger partial charge in [-0.1, -0.05) is 18.2 Å². The second kappa shape index (κ2) is 7.43. The highest BCUT2D eigenvalue weighted by Gasteiger charge is 2.26. The van der Waals surface area contributed by atoms with Crippen molar-refractivity contribution in [1.29, 1.82) is 0 Å². The van der Waals surface area contributed by atoms with Crippen molar-refractivity contribution in [2.45, 2.75) is 32.6 Å². The van der Waals surface area contributed by atoms with Crippen LogP contribution in [0.3, 0.4) is 0 Å². The SMILES string of the molecule is CCOc1ccccc1C1CCN(C(=O)c2cnc(C)cn2)CC1. The third-order valence-corrected chi connectivity index (χ3v) is 4.44. The molecule has 0 atom stereocenters. The number of nitrogens with zero attached hydrogens (tertiary/aromatic N) is 3. The Morgan fingerprint density at radius 3 is 2.62 bits per heavy atom. The maximum Gasteiger partial charge on any atom is 0.274 e. The number of benzene rings is 1. The lowest BCUT2D eigenvalue weighted by Crippen LogP contribution is -2.38. The lowest BCUT2D eigenvalue weighted by Gasteiger charge is -2.32. The molecule has 1 fully saturated rings. The summed E-state index contributed by atoms with van der Waals surface area (Å²) >= 11 is 0. The lowest BCUT2D eigenvalue weighted by atomic mass is 9.88. The van der Waals surface area contributed by atoms with Crippen LogP contribution in [0.2, 0.25) is 0 Å². The fourth-order valence-corrected chi connectivity index (χ4v) is 3.16. The molecule has 2 heterocycles. The lowest BCUT2D eigenvalue weighted by molar-refractivity contribution is 0.0706. The van der Waals surface area contributed by atoms with Gasteiger partial charge in [-0.15, -0.1) is 0 Å². The zero-order chi connectivity index (χ0) is 16.9. The Balaban J connectivity index is 1.65. The molecule has 0 radical (unpaired) electrons. The predicted octanol–water partition coefficient (Wildman–Crippen LogP) is 3.20. The van der Waals surface area contributed by atoms with Gasteiger partial charge >= 0.3 is 0 Å². The van der Waals surface area contributed by atoms with Gasteiger partial charge < -0.3 is 9.64 Å². The summed E-state index contributed by atoms with van der Waals surface area (Å²) < 4.78 is 5.75. The van der Waals surface area contributed by atoms with E-state index in [0.29, 0.717) is 18.2 Å². The number of para-hydroxylation sites is 1. The highest BCUT2D eigenvalue weighted by atomic mass is 16.5. The number of rotatable bonds is 4. The maximum absolute atomic E-state index is 12.5. The maximum atomic E-state index is 12.5. The molecule has 0 aliphatic carbocycles. The molecule has 126 valence electrons. The van der Waals surface area contributed by atoms with Crippen molar-refractivity contribution in [3.63, 3.8) is 0 Å². The van der Waals surface area contributed by atoms with E-state index in [1.165, 1.54) is 5.56 Å². The summed E-state index contributed by atoms with van der Waals surface area (Å²) in [4.78, 5) is 22.8. The molecule has 0 saturated carbocycles. The van der Waals surface area contributed by atoms with Gasteiger partial charge in [0, 0.05) is 19.3 Å². The van der Waals surface area contributed by atoms with Crippen molar-refractivity contribution in [3.8, 4) is 5.75 Å². The molecule has 1 aromatic heterocycles. The molecule has 2 aromatic rings. The van der Waals surface area contributed by atoms with E-state index in [2.05, 4.69) is 22.1 Å². The molecule has 24 heavy (non-hydrogen) atoms. The van der Waals surface area contributed by atoms with E-state index in [9.17, 15) is 4.79 Å². The van der Waals surface area contributed by atoms with E-state index in [1.54, 1.807) is 12.4 Å². The molecule has 1 amide bonds. The third-order valence-electron chi connectivity index (χ3n) is 4.44. The smallest absolute Gasteiger partial charge is 0.274 e. The highest BCUT2D eigenvalue weighted by molar-refractivity contribution is 5.92. The quantitative estimate of drug-likeness (QED) is 0.866. The van der Waals surface area contributed by atoms with Crippen LogP contribution in [-0.2, 0) is 0 Å². The molecule has 3 rings (SSSR count). The van der Waals surface area contributed by atoms with Gasteiger partial charge in [-0.25, -0.2) is 4.98 Å². The molecule has 5 heteroatoms. The summed E-state index contributed by atoms with van der Waals surface area (Å²) in [6.07, 6.45) is 5.08. The summed E-state index contributed by atoms with van der Waals surface area (Å²) in [6, 6.07) is 8.22. The number of piperidine rings is 1. The number of aryl methyl sites for hydroxylation is 1. The van der Waals surface area contributed by atoms with Gasteiger partial charge in [0.25, 0.3) is 5.91 Å². The minimum absolute atomic E-state index is 0.0287. The van der Waals surface area contributed by atoms with Crippen LogP contribution in [0, 0.1) is 6.92 Å². The first-order chi connectivity index (χ1) is 11.7. The molecule has 0 spiro atoms. The third kappa shape index (κ3) is 3.55. The van der Waals surface area contributed by atoms with Crippen LogP contribution in [0.1, 0.15) is 47.4 Å². The fourth-order valence-electron chi connectivity index (χ4n) is 3.16. The molecule has 0 bridgehead atoms. The standard InChI is InChI=1S/C19H23N3O2/c1-3-24-18-7-5-4-6-16(18)15-8-10-22(11-9-15)19(23)17-13-20-14(2)12-21-17/h4-7,12-13,15H,3,8-11H2,1-2H3. The Hall–Kier alpha value is -2.43. The number of hydrogen-bond donors (Lipinski definition) is 0. The van der Waals surface area contributed by atoms with Crippen molar-refractivity contribution in [2.75, 3.05) is 19.7 Å². The van der Waals surface area contributed by atoms with Gasteiger partial charge in [0.05, 0.1) is 18.5 Å². The Kier molecular flexibility index (Phi) is 5.08. The van der Waals surface area contributed by atoms with E-state index in [1.807, 2.05) is 30.9 Å². The van der Waals surface area contributed by atoms with Crippen molar-refractivity contribution >= 4 is 5.91 Å². The minimum atomic E-state index is -0.0287. The summed E-state index contributed by atoms with van der Waals surface area (Å²) in [5.74, 6) is 1.37. The van der Waals surface area contributed by atoms with Gasteiger partial charge in [-0.2, -0.15) is 0 Å². The first-order valence-corrected chi connectivity index (χ1v) is 8.48. The molecule has 1 aliphatic heterocycles. The normalized spacial score (nSPS) is 15.3. The van der Waals surface area contributed by atoms with Crippen molar-refractivity contribution < 1.29 is 9.53 Å². The molecule has 1 saturated heterocycles. The van der Waals surface area contributed by atoms with Gasteiger partial charge in [-0.05, 0) is 44.2 Å². The van der Waals surface area contributed by atoms with E-state index >= 15 is 0 Å². The van der Waals surface area contributed by atoms with Gasteiger partial charge in [-0.3, -0.25) is 9.78 Å². The number of carbonyl (C=O) groups is 1. The number of carbonyl (C=O) groups excluding carboxylic acids is 1. The number of hydrogen-bond acceptors (Lipinski definition) is 4. The minimum Gasteiger partial charge on any atom is -0.494 e. The molecule has 0 unspecified atom stereocenters. The molecule has 0 N–H and O–H groups in total. The van der Waals surface area contributed by atoms with Crippen molar-refractivity contribution in [2.24, 2.45) is 0 Å². The molecule has 1 aromatic carbocycles. The van der Waals surface area contributed by atoms with Crippen molar-refractivity contribution in [1.82, 2.24) is 14.9 Å². The average Bonchev–Trinajstić information content (AvgIpc) is 2.63. The number of aromatic nitrogens is 2. The second-order valence-corrected chi connectivity index (χ2v) is 6.08.